The Morgan fingerprint density at radius 1 is 1.00 bits per heavy atom. The smallest absolute Gasteiger partial charge is 0.0939 e. The number of benzene rings is 2. The van der Waals surface area contributed by atoms with Crippen molar-refractivity contribution in [3.8, 4) is 0 Å². The van der Waals surface area contributed by atoms with Gasteiger partial charge in [0.05, 0.1) is 6.10 Å². The zero-order valence-corrected chi connectivity index (χ0v) is 14.0. The van der Waals surface area contributed by atoms with Crippen LogP contribution in [-0.2, 0) is 6.54 Å². The van der Waals surface area contributed by atoms with Crippen molar-refractivity contribution in [2.45, 2.75) is 19.6 Å². The third-order valence-electron chi connectivity index (χ3n) is 4.33. The largest absolute Gasteiger partial charge is 0.387 e. The van der Waals surface area contributed by atoms with Crippen LogP contribution in [0.2, 0.25) is 0 Å². The molecule has 0 bridgehead atoms. The lowest BCUT2D eigenvalue weighted by molar-refractivity contribution is 0.139. The SMILES string of the molecule is Cc1c(C(O)CN(C)C)c2ccccc2n1Cc1ccccc1. The molecule has 0 saturated carbocycles. The second-order valence-electron chi connectivity index (χ2n) is 6.37. The van der Waals surface area contributed by atoms with Crippen molar-refractivity contribution in [2.24, 2.45) is 0 Å². The highest BCUT2D eigenvalue weighted by Gasteiger charge is 2.20. The fourth-order valence-electron chi connectivity index (χ4n) is 3.29. The van der Waals surface area contributed by atoms with E-state index in [0.29, 0.717) is 6.54 Å². The van der Waals surface area contributed by atoms with Gasteiger partial charge in [0.15, 0.2) is 0 Å². The summed E-state index contributed by atoms with van der Waals surface area (Å²) in [6.45, 7) is 3.55. The molecule has 1 heterocycles. The summed E-state index contributed by atoms with van der Waals surface area (Å²) in [5.74, 6) is 0. The molecule has 3 aromatic rings. The Labute approximate surface area is 137 Å². The van der Waals surface area contributed by atoms with Crippen LogP contribution in [0, 0.1) is 6.92 Å². The lowest BCUT2D eigenvalue weighted by atomic mass is 10.1. The molecule has 0 aliphatic carbocycles. The first-order valence-electron chi connectivity index (χ1n) is 8.02. The molecule has 1 N–H and O–H groups in total. The number of rotatable bonds is 5. The molecule has 0 amide bonds. The Morgan fingerprint density at radius 3 is 2.35 bits per heavy atom. The van der Waals surface area contributed by atoms with Crippen molar-refractivity contribution in [1.82, 2.24) is 9.47 Å². The van der Waals surface area contributed by atoms with Crippen molar-refractivity contribution < 1.29 is 5.11 Å². The third-order valence-corrected chi connectivity index (χ3v) is 4.33. The predicted octanol–water partition coefficient (Wildman–Crippen LogP) is 3.59. The van der Waals surface area contributed by atoms with Gasteiger partial charge in [-0.25, -0.2) is 0 Å². The minimum Gasteiger partial charge on any atom is -0.387 e. The van der Waals surface area contributed by atoms with Crippen LogP contribution in [0.3, 0.4) is 0 Å². The van der Waals surface area contributed by atoms with Gasteiger partial charge in [0, 0.05) is 35.2 Å². The maximum Gasteiger partial charge on any atom is 0.0939 e. The molecule has 3 rings (SSSR count). The van der Waals surface area contributed by atoms with Crippen LogP contribution < -0.4 is 0 Å². The number of hydrogen-bond donors (Lipinski definition) is 1. The highest BCUT2D eigenvalue weighted by atomic mass is 16.3. The van der Waals surface area contributed by atoms with E-state index < -0.39 is 6.10 Å². The van der Waals surface area contributed by atoms with Gasteiger partial charge in [-0.2, -0.15) is 0 Å². The summed E-state index contributed by atoms with van der Waals surface area (Å²) in [4.78, 5) is 2.02. The molecule has 0 saturated heterocycles. The molecule has 3 nitrogen and oxygen atoms in total. The van der Waals surface area contributed by atoms with E-state index in [9.17, 15) is 5.11 Å². The Balaban J connectivity index is 2.10. The van der Waals surface area contributed by atoms with Gasteiger partial charge in [0.1, 0.15) is 0 Å². The summed E-state index contributed by atoms with van der Waals surface area (Å²) >= 11 is 0. The van der Waals surface area contributed by atoms with Crippen molar-refractivity contribution >= 4 is 10.9 Å². The molecule has 0 radical (unpaired) electrons. The van der Waals surface area contributed by atoms with Gasteiger partial charge >= 0.3 is 0 Å². The number of likely N-dealkylation sites (N-methyl/N-ethyl adjacent to an activating group) is 1. The second kappa shape index (κ2) is 6.57. The Morgan fingerprint density at radius 2 is 1.65 bits per heavy atom. The van der Waals surface area contributed by atoms with Crippen molar-refractivity contribution in [1.29, 1.82) is 0 Å². The van der Waals surface area contributed by atoms with Gasteiger partial charge < -0.3 is 14.6 Å². The maximum absolute atomic E-state index is 10.7. The van der Waals surface area contributed by atoms with Gasteiger partial charge in [0.25, 0.3) is 0 Å². The summed E-state index contributed by atoms with van der Waals surface area (Å²) in [7, 11) is 3.98. The van der Waals surface area contributed by atoms with Gasteiger partial charge in [-0.15, -0.1) is 0 Å². The van der Waals surface area contributed by atoms with E-state index in [1.807, 2.05) is 31.1 Å². The molecule has 0 aliphatic rings. The monoisotopic (exact) mass is 308 g/mol. The van der Waals surface area contributed by atoms with Gasteiger partial charge in [-0.1, -0.05) is 48.5 Å². The highest BCUT2D eigenvalue weighted by Crippen LogP contribution is 2.31. The van der Waals surface area contributed by atoms with E-state index in [4.69, 9.17) is 0 Å². The quantitative estimate of drug-likeness (QED) is 0.780. The van der Waals surface area contributed by atoms with Crippen LogP contribution in [-0.4, -0.2) is 35.2 Å². The number of hydrogen-bond acceptors (Lipinski definition) is 2. The molecule has 0 aliphatic heterocycles. The maximum atomic E-state index is 10.7. The fourth-order valence-corrected chi connectivity index (χ4v) is 3.29. The van der Waals surface area contributed by atoms with Gasteiger partial charge in [0.2, 0.25) is 0 Å². The number of aliphatic hydroxyl groups is 1. The van der Waals surface area contributed by atoms with Gasteiger partial charge in [-0.3, -0.25) is 0 Å². The molecule has 2 aromatic carbocycles. The molecule has 23 heavy (non-hydrogen) atoms. The normalized spacial score (nSPS) is 12.9. The van der Waals surface area contributed by atoms with Crippen LogP contribution in [0.4, 0.5) is 0 Å². The lowest BCUT2D eigenvalue weighted by Crippen LogP contribution is -2.20. The Hall–Kier alpha value is -2.10. The molecule has 1 aromatic heterocycles. The van der Waals surface area contributed by atoms with Crippen molar-refractivity contribution in [2.75, 3.05) is 20.6 Å². The molecule has 1 unspecified atom stereocenters. The number of para-hydroxylation sites is 1. The molecule has 3 heteroatoms. The first-order chi connectivity index (χ1) is 11.1. The van der Waals surface area contributed by atoms with Crippen LogP contribution in [0.1, 0.15) is 22.9 Å². The lowest BCUT2D eigenvalue weighted by Gasteiger charge is -2.17. The van der Waals surface area contributed by atoms with Crippen LogP contribution in [0.25, 0.3) is 10.9 Å². The molecule has 120 valence electrons. The number of aliphatic hydroxyl groups excluding tert-OH is 1. The first kappa shape index (κ1) is 15.8. The number of nitrogens with zero attached hydrogens (tertiary/aromatic N) is 2. The molecule has 0 fully saturated rings. The Bertz CT molecular complexity index is 790. The summed E-state index contributed by atoms with van der Waals surface area (Å²) in [5.41, 5.74) is 4.64. The van der Waals surface area contributed by atoms with E-state index in [1.54, 1.807) is 0 Å². The summed E-state index contributed by atoms with van der Waals surface area (Å²) in [6, 6.07) is 18.8. The number of fused-ring (bicyclic) bond motifs is 1. The van der Waals surface area contributed by atoms with Crippen LogP contribution >= 0.6 is 0 Å². The Kier molecular flexibility index (Phi) is 4.51. The summed E-state index contributed by atoms with van der Waals surface area (Å²) in [6.07, 6.45) is -0.480. The molecular weight excluding hydrogens is 284 g/mol. The van der Waals surface area contributed by atoms with E-state index in [-0.39, 0.29) is 0 Å². The average molecular weight is 308 g/mol. The van der Waals surface area contributed by atoms with Crippen LogP contribution in [0.5, 0.6) is 0 Å². The molecule has 0 spiro atoms. The standard InChI is InChI=1S/C20H24N2O/c1-15-20(19(23)14-21(2)3)17-11-7-8-12-18(17)22(15)13-16-9-5-4-6-10-16/h4-12,19,23H,13-14H2,1-3H3. The molecular formula is C20H24N2O. The fraction of sp³-hybridized carbons (Fsp3) is 0.300. The van der Waals surface area contributed by atoms with E-state index in [2.05, 4.69) is 54.0 Å². The second-order valence-corrected chi connectivity index (χ2v) is 6.37. The van der Waals surface area contributed by atoms with E-state index in [1.165, 1.54) is 11.1 Å². The predicted molar refractivity (Wildman–Crippen MR) is 95.7 cm³/mol. The zero-order valence-electron chi connectivity index (χ0n) is 14.0. The van der Waals surface area contributed by atoms with Gasteiger partial charge in [-0.05, 0) is 32.6 Å². The van der Waals surface area contributed by atoms with Crippen molar-refractivity contribution in [3.05, 3.63) is 71.4 Å². The first-order valence-corrected chi connectivity index (χ1v) is 8.02. The summed E-state index contributed by atoms with van der Waals surface area (Å²) < 4.78 is 2.30. The molecule has 1 atom stereocenters. The number of aromatic nitrogens is 1. The third kappa shape index (κ3) is 3.16. The average Bonchev–Trinajstić information content (AvgIpc) is 2.80. The summed E-state index contributed by atoms with van der Waals surface area (Å²) in [5, 5.41) is 11.8. The highest BCUT2D eigenvalue weighted by molar-refractivity contribution is 5.86. The van der Waals surface area contributed by atoms with E-state index in [0.717, 1.165) is 23.2 Å². The minimum atomic E-state index is -0.480. The topological polar surface area (TPSA) is 28.4 Å². The zero-order chi connectivity index (χ0) is 16.4. The van der Waals surface area contributed by atoms with Crippen LogP contribution in [0.15, 0.2) is 54.6 Å². The van der Waals surface area contributed by atoms with Crippen molar-refractivity contribution in [3.63, 3.8) is 0 Å². The minimum absolute atomic E-state index is 0.480. The van der Waals surface area contributed by atoms with E-state index >= 15 is 0 Å².